The van der Waals surface area contributed by atoms with Crippen LogP contribution in [0.25, 0.3) is 0 Å². The lowest BCUT2D eigenvalue weighted by molar-refractivity contribution is -0.139. The molecule has 1 fully saturated rings. The molecule has 1 aliphatic heterocycles. The lowest BCUT2D eigenvalue weighted by Gasteiger charge is -2.29. The van der Waals surface area contributed by atoms with Gasteiger partial charge in [-0.15, -0.1) is 11.8 Å². The molecule has 2 heterocycles. The highest BCUT2D eigenvalue weighted by atomic mass is 32.2. The molecule has 2 atom stereocenters. The van der Waals surface area contributed by atoms with Crippen molar-refractivity contribution >= 4 is 29.8 Å². The molecule has 128 valence electrons. The fraction of sp³-hybridized carbons (Fsp3) is 0.533. The van der Waals surface area contributed by atoms with E-state index in [4.69, 9.17) is 11.0 Å². The Balaban J connectivity index is 1.81. The third kappa shape index (κ3) is 4.43. The van der Waals surface area contributed by atoms with E-state index in [-0.39, 0.29) is 6.42 Å². The van der Waals surface area contributed by atoms with Crippen LogP contribution in [0.5, 0.6) is 0 Å². The molecule has 0 aromatic carbocycles. The summed E-state index contributed by atoms with van der Waals surface area (Å²) in [5.74, 6) is 1.17. The van der Waals surface area contributed by atoms with Gasteiger partial charge < -0.3 is 20.7 Å². The van der Waals surface area contributed by atoms with Crippen LogP contribution in [-0.2, 0) is 9.59 Å². The number of carbonyl (C=O) groups excluding carboxylic acids is 2. The monoisotopic (exact) mass is 348 g/mol. The van der Waals surface area contributed by atoms with Crippen LogP contribution in [0.2, 0.25) is 0 Å². The maximum absolute atomic E-state index is 12.5. The third-order valence-corrected chi connectivity index (χ3v) is 4.80. The quantitative estimate of drug-likeness (QED) is 0.392. The van der Waals surface area contributed by atoms with Gasteiger partial charge in [0.05, 0.1) is 18.1 Å². The summed E-state index contributed by atoms with van der Waals surface area (Å²) < 4.78 is 0. The van der Waals surface area contributed by atoms with E-state index in [2.05, 4.69) is 21.4 Å². The molecule has 0 unspecified atom stereocenters. The SMILES string of the molecule is N#C[C@@H]1CSCN1C(=O)[C@](N)(C=O)CCCCNc1cnccn1. The van der Waals surface area contributed by atoms with Crippen molar-refractivity contribution < 1.29 is 9.59 Å². The molecule has 2 rings (SSSR count). The number of anilines is 1. The Morgan fingerprint density at radius 1 is 1.58 bits per heavy atom. The molecule has 0 spiro atoms. The van der Waals surface area contributed by atoms with Gasteiger partial charge in [0.25, 0.3) is 5.91 Å². The Morgan fingerprint density at radius 3 is 3.08 bits per heavy atom. The summed E-state index contributed by atoms with van der Waals surface area (Å²) in [4.78, 5) is 33.4. The van der Waals surface area contributed by atoms with Gasteiger partial charge in [0.15, 0.2) is 5.54 Å². The fourth-order valence-electron chi connectivity index (χ4n) is 2.38. The summed E-state index contributed by atoms with van der Waals surface area (Å²) in [5.41, 5.74) is 4.45. The second kappa shape index (κ2) is 8.61. The normalized spacial score (nSPS) is 19.3. The number of amides is 1. The van der Waals surface area contributed by atoms with Gasteiger partial charge in [0.1, 0.15) is 18.1 Å². The Hall–Kier alpha value is -2.18. The first-order valence-electron chi connectivity index (χ1n) is 7.64. The summed E-state index contributed by atoms with van der Waals surface area (Å²) in [6.07, 6.45) is 6.89. The van der Waals surface area contributed by atoms with Crippen molar-refractivity contribution in [1.82, 2.24) is 14.9 Å². The van der Waals surface area contributed by atoms with Crippen LogP contribution in [0, 0.1) is 11.3 Å². The van der Waals surface area contributed by atoms with Crippen molar-refractivity contribution in [2.75, 3.05) is 23.5 Å². The minimum absolute atomic E-state index is 0.247. The number of carbonyl (C=O) groups is 2. The summed E-state index contributed by atoms with van der Waals surface area (Å²) in [6.45, 7) is 0.641. The standard InChI is InChI=1S/C15H20N6O2S/c16-7-12-9-24-11-21(12)14(23)15(17,10-22)3-1-2-4-19-13-8-18-5-6-20-13/h5-6,8,10,12H,1-4,9,11,17H2,(H,19,20)/t12-,15-/m1/s1. The molecule has 0 radical (unpaired) electrons. The number of hydrogen-bond donors (Lipinski definition) is 2. The predicted octanol–water partition coefficient (Wildman–Crippen LogP) is 0.380. The number of nitriles is 1. The number of nitrogens with zero attached hydrogens (tertiary/aromatic N) is 4. The van der Waals surface area contributed by atoms with Crippen molar-refractivity contribution in [3.05, 3.63) is 18.6 Å². The summed E-state index contributed by atoms with van der Waals surface area (Å²) in [7, 11) is 0. The van der Waals surface area contributed by atoms with Crippen molar-refractivity contribution in [3.63, 3.8) is 0 Å². The number of hydrogen-bond acceptors (Lipinski definition) is 8. The van der Waals surface area contributed by atoms with Gasteiger partial charge in [-0.25, -0.2) is 4.98 Å². The number of thioether (sulfide) groups is 1. The van der Waals surface area contributed by atoms with Gasteiger partial charge in [-0.2, -0.15) is 5.26 Å². The molecule has 1 aromatic heterocycles. The molecule has 0 saturated carbocycles. The highest BCUT2D eigenvalue weighted by Gasteiger charge is 2.41. The van der Waals surface area contributed by atoms with Crippen LogP contribution in [0.15, 0.2) is 18.6 Å². The van der Waals surface area contributed by atoms with Crippen molar-refractivity contribution in [3.8, 4) is 6.07 Å². The number of rotatable bonds is 8. The Kier molecular flexibility index (Phi) is 6.52. The maximum Gasteiger partial charge on any atom is 0.251 e. The minimum atomic E-state index is -1.56. The average Bonchev–Trinajstić information content (AvgIpc) is 3.10. The lowest BCUT2D eigenvalue weighted by atomic mass is 9.93. The molecular formula is C15H20N6O2S. The zero-order valence-corrected chi connectivity index (χ0v) is 14.0. The molecule has 1 aromatic rings. The van der Waals surface area contributed by atoms with E-state index in [0.29, 0.717) is 36.7 Å². The average molecular weight is 348 g/mol. The molecule has 1 saturated heterocycles. The van der Waals surface area contributed by atoms with Crippen molar-refractivity contribution in [1.29, 1.82) is 5.26 Å². The van der Waals surface area contributed by atoms with E-state index >= 15 is 0 Å². The van der Waals surface area contributed by atoms with Gasteiger partial charge in [0.2, 0.25) is 0 Å². The number of aldehydes is 1. The lowest BCUT2D eigenvalue weighted by Crippen LogP contribution is -2.57. The van der Waals surface area contributed by atoms with Crippen molar-refractivity contribution in [2.45, 2.75) is 30.8 Å². The number of aromatic nitrogens is 2. The van der Waals surface area contributed by atoms with Crippen molar-refractivity contribution in [2.24, 2.45) is 5.73 Å². The maximum atomic E-state index is 12.5. The largest absolute Gasteiger partial charge is 0.369 e. The molecule has 3 N–H and O–H groups in total. The predicted molar refractivity (Wildman–Crippen MR) is 90.9 cm³/mol. The van der Waals surface area contributed by atoms with Crippen LogP contribution in [0.4, 0.5) is 5.82 Å². The van der Waals surface area contributed by atoms with Crippen LogP contribution >= 0.6 is 11.8 Å². The fourth-order valence-corrected chi connectivity index (χ4v) is 3.46. The summed E-state index contributed by atoms with van der Waals surface area (Å²) >= 11 is 1.49. The second-order valence-electron chi connectivity index (χ2n) is 5.55. The Morgan fingerprint density at radius 2 is 2.42 bits per heavy atom. The molecule has 0 aliphatic carbocycles. The first-order valence-corrected chi connectivity index (χ1v) is 8.80. The molecule has 8 nitrogen and oxygen atoms in total. The molecule has 0 bridgehead atoms. The van der Waals surface area contributed by atoms with Crippen LogP contribution in [-0.4, -0.2) is 56.8 Å². The minimum Gasteiger partial charge on any atom is -0.369 e. The highest BCUT2D eigenvalue weighted by molar-refractivity contribution is 7.99. The highest BCUT2D eigenvalue weighted by Crippen LogP contribution is 2.24. The molecule has 1 aliphatic rings. The third-order valence-electron chi connectivity index (χ3n) is 3.79. The smallest absolute Gasteiger partial charge is 0.251 e. The summed E-state index contributed by atoms with van der Waals surface area (Å²) in [5, 5.41) is 12.2. The Bertz CT molecular complexity index is 608. The van der Waals surface area contributed by atoms with Gasteiger partial charge in [-0.05, 0) is 19.3 Å². The molecule has 24 heavy (non-hydrogen) atoms. The zero-order chi connectivity index (χ0) is 17.4. The molecular weight excluding hydrogens is 328 g/mol. The zero-order valence-electron chi connectivity index (χ0n) is 13.2. The number of nitrogens with two attached hydrogens (primary N) is 1. The molecule has 9 heteroatoms. The second-order valence-corrected chi connectivity index (χ2v) is 6.55. The van der Waals surface area contributed by atoms with Gasteiger partial charge >= 0.3 is 0 Å². The van der Waals surface area contributed by atoms with E-state index < -0.39 is 17.5 Å². The van der Waals surface area contributed by atoms with E-state index in [1.54, 1.807) is 18.6 Å². The number of unbranched alkanes of at least 4 members (excludes halogenated alkanes) is 1. The van der Waals surface area contributed by atoms with Gasteiger partial charge in [0, 0.05) is 24.7 Å². The van der Waals surface area contributed by atoms with Gasteiger partial charge in [-0.3, -0.25) is 9.78 Å². The van der Waals surface area contributed by atoms with Crippen LogP contribution in [0.1, 0.15) is 19.3 Å². The Labute approximate surface area is 144 Å². The van der Waals surface area contributed by atoms with Gasteiger partial charge in [-0.1, -0.05) is 0 Å². The molecule has 1 amide bonds. The van der Waals surface area contributed by atoms with E-state index in [1.807, 2.05) is 0 Å². The first kappa shape index (κ1) is 18.2. The summed E-state index contributed by atoms with van der Waals surface area (Å²) in [6, 6.07) is 1.57. The van der Waals surface area contributed by atoms with Crippen LogP contribution < -0.4 is 11.1 Å². The van der Waals surface area contributed by atoms with E-state index in [9.17, 15) is 9.59 Å². The van der Waals surface area contributed by atoms with Crippen LogP contribution in [0.3, 0.4) is 0 Å². The first-order chi connectivity index (χ1) is 11.6. The van der Waals surface area contributed by atoms with E-state index in [1.165, 1.54) is 16.7 Å². The number of nitrogens with one attached hydrogen (secondary N) is 1. The topological polar surface area (TPSA) is 125 Å². The van der Waals surface area contributed by atoms with E-state index in [0.717, 1.165) is 6.42 Å².